The molecule has 0 bridgehead atoms. The first-order valence-corrected chi connectivity index (χ1v) is 6.27. The van der Waals surface area contributed by atoms with Crippen LogP contribution in [0, 0.1) is 0 Å². The highest BCUT2D eigenvalue weighted by Crippen LogP contribution is 2.15. The van der Waals surface area contributed by atoms with Crippen LogP contribution in [0.4, 0.5) is 0 Å². The first-order chi connectivity index (χ1) is 9.08. The zero-order valence-corrected chi connectivity index (χ0v) is 11.6. The van der Waals surface area contributed by atoms with Gasteiger partial charge in [-0.25, -0.2) is 9.59 Å². The van der Waals surface area contributed by atoms with E-state index in [1.165, 1.54) is 6.08 Å². The molecule has 1 aromatic carbocycles. The maximum Gasteiger partial charge on any atom is 0.345 e. The Labute approximate surface area is 117 Å². The fourth-order valence-electron chi connectivity index (χ4n) is 1.38. The Bertz CT molecular complexity index is 474. The summed E-state index contributed by atoms with van der Waals surface area (Å²) in [5, 5.41) is 0.515. The fourth-order valence-corrected chi connectivity index (χ4v) is 1.58. The van der Waals surface area contributed by atoms with Gasteiger partial charge in [-0.05, 0) is 37.6 Å². The van der Waals surface area contributed by atoms with Gasteiger partial charge in [0.1, 0.15) is 5.57 Å². The third-order valence-corrected chi connectivity index (χ3v) is 2.39. The van der Waals surface area contributed by atoms with Gasteiger partial charge < -0.3 is 9.47 Å². The van der Waals surface area contributed by atoms with Crippen molar-refractivity contribution in [2.75, 3.05) is 13.2 Å². The van der Waals surface area contributed by atoms with Gasteiger partial charge in [0.2, 0.25) is 0 Å². The lowest BCUT2D eigenvalue weighted by Gasteiger charge is -2.06. The lowest BCUT2D eigenvalue weighted by atomic mass is 10.1. The van der Waals surface area contributed by atoms with Crippen molar-refractivity contribution in [3.8, 4) is 0 Å². The number of carbonyl (C=O) groups excluding carboxylic acids is 2. The van der Waals surface area contributed by atoms with Gasteiger partial charge >= 0.3 is 11.9 Å². The number of carbonyl (C=O) groups is 2. The van der Waals surface area contributed by atoms with Crippen LogP contribution in [0.15, 0.2) is 29.8 Å². The fraction of sp³-hybridized carbons (Fsp3) is 0.286. The molecule has 4 nitrogen and oxygen atoms in total. The van der Waals surface area contributed by atoms with E-state index in [0.29, 0.717) is 10.6 Å². The molecule has 0 spiro atoms. The molecule has 0 aliphatic rings. The molecule has 0 radical (unpaired) electrons. The summed E-state index contributed by atoms with van der Waals surface area (Å²) >= 11 is 5.85. The minimum Gasteiger partial charge on any atom is -0.462 e. The van der Waals surface area contributed by atoms with Crippen molar-refractivity contribution in [2.45, 2.75) is 13.8 Å². The van der Waals surface area contributed by atoms with Gasteiger partial charge in [-0.15, -0.1) is 0 Å². The third-order valence-electron chi connectivity index (χ3n) is 2.15. The highest BCUT2D eigenvalue weighted by atomic mass is 35.5. The van der Waals surface area contributed by atoms with Gasteiger partial charge in [-0.1, -0.05) is 23.7 Å². The van der Waals surface area contributed by atoms with Crippen molar-refractivity contribution in [3.05, 3.63) is 40.4 Å². The van der Waals surface area contributed by atoms with E-state index in [4.69, 9.17) is 21.1 Å². The zero-order valence-electron chi connectivity index (χ0n) is 10.8. The van der Waals surface area contributed by atoms with Crippen molar-refractivity contribution >= 4 is 29.6 Å². The maximum atomic E-state index is 11.7. The van der Waals surface area contributed by atoms with Gasteiger partial charge in [0.05, 0.1) is 13.2 Å². The Balaban J connectivity index is 3.08. The molecular weight excluding hydrogens is 268 g/mol. The van der Waals surface area contributed by atoms with Crippen molar-refractivity contribution in [3.63, 3.8) is 0 Å². The van der Waals surface area contributed by atoms with Gasteiger partial charge in [-0.2, -0.15) is 0 Å². The molecule has 0 heterocycles. The number of ether oxygens (including phenoxy) is 2. The van der Waals surface area contributed by atoms with Crippen LogP contribution in [0.3, 0.4) is 0 Å². The van der Waals surface area contributed by atoms with Crippen LogP contribution < -0.4 is 0 Å². The average Bonchev–Trinajstić information content (AvgIpc) is 2.36. The molecule has 0 saturated heterocycles. The Morgan fingerprint density at radius 3 is 2.21 bits per heavy atom. The zero-order chi connectivity index (χ0) is 14.3. The average molecular weight is 283 g/mol. The van der Waals surface area contributed by atoms with E-state index in [-0.39, 0.29) is 18.8 Å². The highest BCUT2D eigenvalue weighted by Gasteiger charge is 2.20. The number of hydrogen-bond acceptors (Lipinski definition) is 4. The molecule has 0 unspecified atom stereocenters. The van der Waals surface area contributed by atoms with E-state index in [9.17, 15) is 9.59 Å². The van der Waals surface area contributed by atoms with E-state index >= 15 is 0 Å². The second-order valence-corrected chi connectivity index (χ2v) is 3.99. The third kappa shape index (κ3) is 4.75. The molecule has 0 saturated carbocycles. The van der Waals surface area contributed by atoms with Crippen LogP contribution in [0.2, 0.25) is 5.02 Å². The van der Waals surface area contributed by atoms with Crippen molar-refractivity contribution in [2.24, 2.45) is 0 Å². The molecule has 1 rings (SSSR count). The Morgan fingerprint density at radius 2 is 1.74 bits per heavy atom. The minimum absolute atomic E-state index is 0.147. The smallest absolute Gasteiger partial charge is 0.345 e. The normalized spacial score (nSPS) is 9.63. The predicted molar refractivity (Wildman–Crippen MR) is 72.7 cm³/mol. The van der Waals surface area contributed by atoms with Crippen LogP contribution in [-0.2, 0) is 19.1 Å². The van der Waals surface area contributed by atoms with Gasteiger partial charge in [0.25, 0.3) is 0 Å². The standard InChI is InChI=1S/C14H15ClO4/c1-3-18-13(16)12(14(17)19-4-2)9-10-6-5-7-11(15)8-10/h5-9H,3-4H2,1-2H3. The Morgan fingerprint density at radius 1 is 1.16 bits per heavy atom. The summed E-state index contributed by atoms with van der Waals surface area (Å²) in [5.41, 5.74) is 0.481. The van der Waals surface area contributed by atoms with Crippen LogP contribution in [-0.4, -0.2) is 25.2 Å². The number of esters is 2. The summed E-state index contributed by atoms with van der Waals surface area (Å²) in [7, 11) is 0. The lowest BCUT2D eigenvalue weighted by Crippen LogP contribution is -2.18. The number of benzene rings is 1. The molecule has 102 valence electrons. The van der Waals surface area contributed by atoms with Crippen molar-refractivity contribution in [1.29, 1.82) is 0 Å². The van der Waals surface area contributed by atoms with Gasteiger partial charge in [0.15, 0.2) is 0 Å². The first kappa shape index (κ1) is 15.2. The molecule has 0 amide bonds. The molecule has 0 aromatic heterocycles. The van der Waals surface area contributed by atoms with E-state index in [0.717, 1.165) is 0 Å². The molecule has 0 N–H and O–H groups in total. The summed E-state index contributed by atoms with van der Waals surface area (Å²) < 4.78 is 9.67. The maximum absolute atomic E-state index is 11.7. The van der Waals surface area contributed by atoms with E-state index in [1.807, 2.05) is 0 Å². The second-order valence-electron chi connectivity index (χ2n) is 3.55. The summed E-state index contributed by atoms with van der Waals surface area (Å²) in [6.07, 6.45) is 1.40. The highest BCUT2D eigenvalue weighted by molar-refractivity contribution is 6.30. The summed E-state index contributed by atoms with van der Waals surface area (Å²) in [4.78, 5) is 23.4. The van der Waals surface area contributed by atoms with E-state index < -0.39 is 11.9 Å². The van der Waals surface area contributed by atoms with Crippen LogP contribution in [0.1, 0.15) is 19.4 Å². The SMILES string of the molecule is CCOC(=O)C(=Cc1cccc(Cl)c1)C(=O)OCC. The molecule has 1 aromatic rings. The lowest BCUT2D eigenvalue weighted by molar-refractivity contribution is -0.146. The van der Waals surface area contributed by atoms with Crippen LogP contribution in [0.5, 0.6) is 0 Å². The second kappa shape index (κ2) is 7.59. The quantitative estimate of drug-likeness (QED) is 0.361. The summed E-state index contributed by atoms with van der Waals surface area (Å²) in [6.45, 7) is 3.70. The summed E-state index contributed by atoms with van der Waals surface area (Å²) in [6, 6.07) is 6.79. The topological polar surface area (TPSA) is 52.6 Å². The largest absolute Gasteiger partial charge is 0.462 e. The monoisotopic (exact) mass is 282 g/mol. The number of rotatable bonds is 5. The van der Waals surface area contributed by atoms with E-state index in [2.05, 4.69) is 0 Å². The molecule has 19 heavy (non-hydrogen) atoms. The molecule has 0 atom stereocenters. The minimum atomic E-state index is -0.707. The number of hydrogen-bond donors (Lipinski definition) is 0. The van der Waals surface area contributed by atoms with Crippen LogP contribution in [0.25, 0.3) is 6.08 Å². The molecular formula is C14H15ClO4. The van der Waals surface area contributed by atoms with Gasteiger partial charge in [0, 0.05) is 5.02 Å². The first-order valence-electron chi connectivity index (χ1n) is 5.90. The van der Waals surface area contributed by atoms with Gasteiger partial charge in [-0.3, -0.25) is 0 Å². The molecule has 0 fully saturated rings. The molecule has 0 aliphatic carbocycles. The predicted octanol–water partition coefficient (Wildman–Crippen LogP) is 2.85. The van der Waals surface area contributed by atoms with Crippen molar-refractivity contribution < 1.29 is 19.1 Å². The van der Waals surface area contributed by atoms with Crippen LogP contribution >= 0.6 is 11.6 Å². The number of halogens is 1. The summed E-state index contributed by atoms with van der Waals surface area (Å²) in [5.74, 6) is -1.41. The molecule has 0 aliphatic heterocycles. The van der Waals surface area contributed by atoms with Crippen molar-refractivity contribution in [1.82, 2.24) is 0 Å². The Kier molecular flexibility index (Phi) is 6.09. The Hall–Kier alpha value is -1.81. The van der Waals surface area contributed by atoms with E-state index in [1.54, 1.807) is 38.1 Å². The molecule has 5 heteroatoms.